The molecule has 1 aliphatic carbocycles. The highest BCUT2D eigenvalue weighted by molar-refractivity contribution is 5.95. The Kier molecular flexibility index (Phi) is 6.51. The van der Waals surface area contributed by atoms with Gasteiger partial charge in [-0.05, 0) is 69.0 Å². The first-order valence-corrected chi connectivity index (χ1v) is 9.99. The van der Waals surface area contributed by atoms with Crippen molar-refractivity contribution >= 4 is 11.5 Å². The molecule has 146 valence electrons. The number of allylic oxidation sites excluding steroid dienone is 1. The van der Waals surface area contributed by atoms with Crippen molar-refractivity contribution < 1.29 is 9.53 Å². The first kappa shape index (κ1) is 19.8. The fourth-order valence-electron chi connectivity index (χ4n) is 4.17. The van der Waals surface area contributed by atoms with Crippen LogP contribution in [0.5, 0.6) is 0 Å². The van der Waals surface area contributed by atoms with Gasteiger partial charge in [0.25, 0.3) is 0 Å². The molecule has 3 rings (SSSR count). The molecule has 1 aromatic carbocycles. The summed E-state index contributed by atoms with van der Waals surface area (Å²) in [6.45, 7) is 8.48. The lowest BCUT2D eigenvalue weighted by Gasteiger charge is -2.33. The largest absolute Gasteiger partial charge is 0.465 e. The second kappa shape index (κ2) is 8.85. The van der Waals surface area contributed by atoms with Gasteiger partial charge in [0.1, 0.15) is 0 Å². The minimum absolute atomic E-state index is 0.107. The van der Waals surface area contributed by atoms with Crippen molar-refractivity contribution in [2.24, 2.45) is 11.3 Å². The van der Waals surface area contributed by atoms with Crippen molar-refractivity contribution in [3.63, 3.8) is 0 Å². The Labute approximate surface area is 163 Å². The molecule has 2 aliphatic rings. The fraction of sp³-hybridized carbons (Fsp3) is 0.522. The Balaban J connectivity index is 1.74. The summed E-state index contributed by atoms with van der Waals surface area (Å²) in [6, 6.07) is 8.49. The quantitative estimate of drug-likeness (QED) is 0.755. The summed E-state index contributed by atoms with van der Waals surface area (Å²) in [6.07, 6.45) is 7.47. The van der Waals surface area contributed by atoms with Gasteiger partial charge >= 0.3 is 5.97 Å². The van der Waals surface area contributed by atoms with Crippen LogP contribution in [0.3, 0.4) is 0 Å². The van der Waals surface area contributed by atoms with Crippen molar-refractivity contribution in [3.8, 4) is 0 Å². The highest BCUT2D eigenvalue weighted by Gasteiger charge is 2.30. The van der Waals surface area contributed by atoms with Gasteiger partial charge in [-0.1, -0.05) is 42.8 Å². The number of esters is 1. The summed E-state index contributed by atoms with van der Waals surface area (Å²) in [5.74, 6) is 0.485. The van der Waals surface area contributed by atoms with Crippen molar-refractivity contribution in [2.45, 2.75) is 33.1 Å². The van der Waals surface area contributed by atoms with E-state index in [1.54, 1.807) is 0 Å². The summed E-state index contributed by atoms with van der Waals surface area (Å²) >= 11 is 0. The van der Waals surface area contributed by atoms with E-state index < -0.39 is 0 Å². The minimum Gasteiger partial charge on any atom is -0.465 e. The standard InChI is InChI=1S/C23H32N2O2/c1-17-5-4-6-19(11-17)20-12-21(22(26)27-3)14-23(2,13-20)16-25-15-18-7-9-24-10-8-18/h4-6,11-12,14,18,24-25H,7-10,13,15-16H2,1-3H3. The predicted molar refractivity (Wildman–Crippen MR) is 110 cm³/mol. The molecule has 27 heavy (non-hydrogen) atoms. The topological polar surface area (TPSA) is 50.4 Å². The number of benzene rings is 1. The first-order chi connectivity index (χ1) is 13.0. The van der Waals surface area contributed by atoms with Crippen molar-refractivity contribution in [3.05, 3.63) is 53.1 Å². The molecule has 0 spiro atoms. The summed E-state index contributed by atoms with van der Waals surface area (Å²) in [4.78, 5) is 12.3. The Morgan fingerprint density at radius 1 is 1.33 bits per heavy atom. The lowest BCUT2D eigenvalue weighted by Crippen LogP contribution is -2.38. The zero-order chi connectivity index (χ0) is 19.3. The van der Waals surface area contributed by atoms with Gasteiger partial charge in [-0.15, -0.1) is 0 Å². The fourth-order valence-corrected chi connectivity index (χ4v) is 4.17. The summed E-state index contributed by atoms with van der Waals surface area (Å²) < 4.78 is 5.01. The van der Waals surface area contributed by atoms with Gasteiger partial charge in [0.2, 0.25) is 0 Å². The average molecular weight is 369 g/mol. The SMILES string of the molecule is COC(=O)C1=CC(C)(CNCC2CCNCC2)CC(c2cccc(C)c2)=C1. The number of nitrogens with one attached hydrogen (secondary N) is 2. The zero-order valence-corrected chi connectivity index (χ0v) is 16.8. The second-order valence-corrected chi connectivity index (χ2v) is 8.29. The third-order valence-corrected chi connectivity index (χ3v) is 5.66. The molecule has 0 radical (unpaired) electrons. The Hall–Kier alpha value is -1.91. The van der Waals surface area contributed by atoms with E-state index in [9.17, 15) is 4.79 Å². The van der Waals surface area contributed by atoms with Crippen molar-refractivity contribution in [2.75, 3.05) is 33.3 Å². The van der Waals surface area contributed by atoms with Crippen molar-refractivity contribution in [1.29, 1.82) is 0 Å². The van der Waals surface area contributed by atoms with E-state index in [4.69, 9.17) is 4.74 Å². The van der Waals surface area contributed by atoms with Crippen LogP contribution in [0.25, 0.3) is 5.57 Å². The molecule has 0 saturated carbocycles. The molecule has 1 heterocycles. The van der Waals surface area contributed by atoms with Gasteiger partial charge in [-0.3, -0.25) is 0 Å². The van der Waals surface area contributed by atoms with E-state index in [2.05, 4.69) is 54.8 Å². The highest BCUT2D eigenvalue weighted by Crippen LogP contribution is 2.38. The molecule has 1 saturated heterocycles. The van der Waals surface area contributed by atoms with Crippen LogP contribution in [-0.2, 0) is 9.53 Å². The Morgan fingerprint density at radius 3 is 2.81 bits per heavy atom. The van der Waals surface area contributed by atoms with E-state index in [0.29, 0.717) is 5.57 Å². The van der Waals surface area contributed by atoms with Gasteiger partial charge in [0.05, 0.1) is 12.7 Å². The van der Waals surface area contributed by atoms with Crippen LogP contribution in [0.2, 0.25) is 0 Å². The number of hydrogen-bond donors (Lipinski definition) is 2. The van der Waals surface area contributed by atoms with Crippen LogP contribution in [-0.4, -0.2) is 39.3 Å². The normalized spacial score (nSPS) is 23.5. The van der Waals surface area contributed by atoms with Crippen LogP contribution >= 0.6 is 0 Å². The molecule has 1 unspecified atom stereocenters. The third-order valence-electron chi connectivity index (χ3n) is 5.66. The zero-order valence-electron chi connectivity index (χ0n) is 16.8. The third kappa shape index (κ3) is 5.30. The van der Waals surface area contributed by atoms with E-state index in [1.807, 2.05) is 6.08 Å². The molecule has 4 heteroatoms. The van der Waals surface area contributed by atoms with Crippen molar-refractivity contribution in [1.82, 2.24) is 10.6 Å². The number of carbonyl (C=O) groups is 1. The van der Waals surface area contributed by atoms with Gasteiger partial charge in [-0.2, -0.15) is 0 Å². The van der Waals surface area contributed by atoms with Crippen LogP contribution in [0.4, 0.5) is 0 Å². The smallest absolute Gasteiger partial charge is 0.337 e. The molecule has 1 atom stereocenters. The maximum Gasteiger partial charge on any atom is 0.337 e. The Morgan fingerprint density at radius 2 is 2.11 bits per heavy atom. The lowest BCUT2D eigenvalue weighted by atomic mass is 9.75. The van der Waals surface area contributed by atoms with Gasteiger partial charge in [0.15, 0.2) is 0 Å². The summed E-state index contributed by atoms with van der Waals surface area (Å²) in [7, 11) is 1.45. The van der Waals surface area contributed by atoms with Gasteiger partial charge in [-0.25, -0.2) is 4.79 Å². The molecular formula is C23H32N2O2. The number of piperidine rings is 1. The number of methoxy groups -OCH3 is 1. The predicted octanol–water partition coefficient (Wildman–Crippen LogP) is 3.48. The number of rotatable bonds is 6. The number of ether oxygens (including phenoxy) is 1. The number of carbonyl (C=O) groups excluding carboxylic acids is 1. The molecule has 4 nitrogen and oxygen atoms in total. The molecular weight excluding hydrogens is 336 g/mol. The second-order valence-electron chi connectivity index (χ2n) is 8.29. The van der Waals surface area contributed by atoms with E-state index in [-0.39, 0.29) is 11.4 Å². The monoisotopic (exact) mass is 368 g/mol. The summed E-state index contributed by atoms with van der Waals surface area (Å²) in [5, 5.41) is 7.09. The molecule has 1 aliphatic heterocycles. The molecule has 2 N–H and O–H groups in total. The molecule has 0 amide bonds. The highest BCUT2D eigenvalue weighted by atomic mass is 16.5. The molecule has 1 fully saturated rings. The summed E-state index contributed by atoms with van der Waals surface area (Å²) in [5.41, 5.74) is 4.17. The van der Waals surface area contributed by atoms with Crippen LogP contribution in [0, 0.1) is 18.3 Å². The van der Waals surface area contributed by atoms with E-state index in [1.165, 1.54) is 36.7 Å². The van der Waals surface area contributed by atoms with Crippen LogP contribution in [0.15, 0.2) is 42.0 Å². The van der Waals surface area contributed by atoms with Crippen LogP contribution in [0.1, 0.15) is 37.3 Å². The Bertz CT molecular complexity index is 732. The van der Waals surface area contributed by atoms with E-state index >= 15 is 0 Å². The molecule has 0 aromatic heterocycles. The molecule has 0 bridgehead atoms. The van der Waals surface area contributed by atoms with Crippen LogP contribution < -0.4 is 10.6 Å². The van der Waals surface area contributed by atoms with Gasteiger partial charge in [0, 0.05) is 12.0 Å². The number of hydrogen-bond acceptors (Lipinski definition) is 4. The van der Waals surface area contributed by atoms with E-state index in [0.717, 1.165) is 38.5 Å². The van der Waals surface area contributed by atoms with Gasteiger partial charge < -0.3 is 15.4 Å². The maximum atomic E-state index is 12.3. The lowest BCUT2D eigenvalue weighted by molar-refractivity contribution is -0.135. The first-order valence-electron chi connectivity index (χ1n) is 9.99. The average Bonchev–Trinajstić information content (AvgIpc) is 2.67. The number of aryl methyl sites for hydroxylation is 1. The minimum atomic E-state index is -0.260. The maximum absolute atomic E-state index is 12.3. The molecule has 1 aromatic rings.